The maximum Gasteiger partial charge on any atom is 0.306 e. The third-order valence-electron chi connectivity index (χ3n) is 12.3. The highest BCUT2D eigenvalue weighted by molar-refractivity contribution is 5.71. The Morgan fingerprint density at radius 2 is 0.554 bits per heavy atom. The van der Waals surface area contributed by atoms with Crippen LogP contribution in [0, 0.1) is 0 Å². The van der Waals surface area contributed by atoms with E-state index in [9.17, 15) is 14.4 Å². The molecule has 0 saturated heterocycles. The predicted octanol–water partition coefficient (Wildman–Crippen LogP) is 18.7. The first-order valence-corrected chi connectivity index (χ1v) is 28.1. The van der Waals surface area contributed by atoms with Crippen molar-refractivity contribution < 1.29 is 28.6 Å². The van der Waals surface area contributed by atoms with Gasteiger partial charge in [-0.2, -0.15) is 0 Å². The van der Waals surface area contributed by atoms with Crippen molar-refractivity contribution in [3.05, 3.63) is 48.6 Å². The molecule has 1 unspecified atom stereocenters. The normalized spacial score (nSPS) is 12.4. The van der Waals surface area contributed by atoms with Gasteiger partial charge < -0.3 is 14.2 Å². The van der Waals surface area contributed by atoms with Crippen molar-refractivity contribution in [2.24, 2.45) is 0 Å². The molecule has 0 aromatic carbocycles. The van der Waals surface area contributed by atoms with Crippen molar-refractivity contribution in [3.8, 4) is 0 Å². The van der Waals surface area contributed by atoms with Gasteiger partial charge in [-0.1, -0.05) is 236 Å². The third-order valence-corrected chi connectivity index (χ3v) is 12.3. The summed E-state index contributed by atoms with van der Waals surface area (Å²) < 4.78 is 16.8. The Kier molecular flexibility index (Phi) is 51.8. The Balaban J connectivity index is 4.18. The van der Waals surface area contributed by atoms with Crippen molar-refractivity contribution >= 4 is 17.9 Å². The summed E-state index contributed by atoms with van der Waals surface area (Å²) in [5.41, 5.74) is 0. The van der Waals surface area contributed by atoms with Gasteiger partial charge in [0.25, 0.3) is 0 Å². The molecule has 0 radical (unpaired) electrons. The van der Waals surface area contributed by atoms with E-state index in [-0.39, 0.29) is 31.1 Å². The minimum atomic E-state index is -0.774. The first-order valence-electron chi connectivity index (χ1n) is 28.1. The summed E-state index contributed by atoms with van der Waals surface area (Å²) in [6.45, 7) is 6.58. The fourth-order valence-corrected chi connectivity index (χ4v) is 8.03. The number of unbranched alkanes of at least 4 members (excludes halogenated alkanes) is 32. The fraction of sp³-hybridized carbons (Fsp3) is 0.814. The number of hydrogen-bond acceptors (Lipinski definition) is 6. The van der Waals surface area contributed by atoms with Gasteiger partial charge in [-0.25, -0.2) is 0 Å². The van der Waals surface area contributed by atoms with E-state index in [4.69, 9.17) is 14.2 Å². The second-order valence-corrected chi connectivity index (χ2v) is 18.8. The smallest absolute Gasteiger partial charge is 0.306 e. The summed E-state index contributed by atoms with van der Waals surface area (Å²) in [7, 11) is 0. The molecule has 0 amide bonds. The monoisotopic (exact) mass is 911 g/mol. The minimum Gasteiger partial charge on any atom is -0.462 e. The molecular formula is C59H106O6. The van der Waals surface area contributed by atoms with Crippen LogP contribution in [0.15, 0.2) is 48.6 Å². The number of rotatable bonds is 51. The SMILES string of the molecule is CCCCC/C=C\C/C=C\CCCCCCCCCC(=O)OC(COC(=O)CCCCCCCCC)COC(=O)CCCCCCCCCCCCC/C=C\C/C=C\CCCCCCC. The van der Waals surface area contributed by atoms with Crippen LogP contribution in [0.25, 0.3) is 0 Å². The summed E-state index contributed by atoms with van der Waals surface area (Å²) in [5, 5.41) is 0. The molecule has 1 atom stereocenters. The maximum atomic E-state index is 12.8. The Morgan fingerprint density at radius 1 is 0.308 bits per heavy atom. The average Bonchev–Trinajstić information content (AvgIpc) is 3.30. The van der Waals surface area contributed by atoms with Crippen LogP contribution in [0.1, 0.15) is 290 Å². The van der Waals surface area contributed by atoms with E-state index in [2.05, 4.69) is 69.4 Å². The van der Waals surface area contributed by atoms with Crippen molar-refractivity contribution in [3.63, 3.8) is 0 Å². The zero-order valence-electron chi connectivity index (χ0n) is 43.3. The highest BCUT2D eigenvalue weighted by Gasteiger charge is 2.19. The van der Waals surface area contributed by atoms with Crippen LogP contribution in [0.4, 0.5) is 0 Å². The van der Waals surface area contributed by atoms with E-state index in [0.717, 1.165) is 77.0 Å². The molecule has 0 aliphatic rings. The molecule has 6 nitrogen and oxygen atoms in total. The number of hydrogen-bond donors (Lipinski definition) is 0. The fourth-order valence-electron chi connectivity index (χ4n) is 8.03. The number of allylic oxidation sites excluding steroid dienone is 8. The third kappa shape index (κ3) is 52.2. The van der Waals surface area contributed by atoms with Gasteiger partial charge in [-0.3, -0.25) is 14.4 Å². The molecule has 0 aromatic heterocycles. The van der Waals surface area contributed by atoms with E-state index in [0.29, 0.717) is 19.3 Å². The molecule has 0 spiro atoms. The van der Waals surface area contributed by atoms with E-state index in [1.165, 1.54) is 173 Å². The van der Waals surface area contributed by atoms with Gasteiger partial charge in [0.2, 0.25) is 0 Å². The molecule has 6 heteroatoms. The Bertz CT molecular complexity index is 1140. The van der Waals surface area contributed by atoms with Crippen LogP contribution in [-0.2, 0) is 28.6 Å². The standard InChI is InChI=1S/C59H106O6/c1-4-7-10-13-16-18-20-22-24-26-27-28-29-30-31-33-34-36-38-40-43-46-49-52-58(61)64-55-56(54-63-57(60)51-48-45-42-15-12-9-6-3)65-59(62)53-50-47-44-41-39-37-35-32-25-23-21-19-17-14-11-8-5-2/h17,19-20,22-23,25-27,56H,4-16,18,21,24,28-55H2,1-3H3/b19-17-,22-20-,25-23-,27-26-. The van der Waals surface area contributed by atoms with Crippen molar-refractivity contribution in [1.29, 1.82) is 0 Å². The quantitative estimate of drug-likeness (QED) is 0.0262. The number of ether oxygens (including phenoxy) is 3. The minimum absolute atomic E-state index is 0.0753. The van der Waals surface area contributed by atoms with Crippen molar-refractivity contribution in [2.75, 3.05) is 13.2 Å². The van der Waals surface area contributed by atoms with Crippen molar-refractivity contribution in [2.45, 2.75) is 297 Å². The Hall–Kier alpha value is -2.63. The number of carbonyl (C=O) groups excluding carboxylic acids is 3. The van der Waals surface area contributed by atoms with Gasteiger partial charge >= 0.3 is 17.9 Å². The zero-order valence-corrected chi connectivity index (χ0v) is 43.3. The van der Waals surface area contributed by atoms with Gasteiger partial charge in [0.05, 0.1) is 0 Å². The molecule has 0 aliphatic carbocycles. The van der Waals surface area contributed by atoms with Gasteiger partial charge in [0.1, 0.15) is 13.2 Å². The Morgan fingerprint density at radius 3 is 0.877 bits per heavy atom. The van der Waals surface area contributed by atoms with Crippen LogP contribution in [0.5, 0.6) is 0 Å². The molecule has 0 aliphatic heterocycles. The number of esters is 3. The van der Waals surface area contributed by atoms with Crippen LogP contribution >= 0.6 is 0 Å². The molecule has 0 saturated carbocycles. The van der Waals surface area contributed by atoms with Crippen molar-refractivity contribution in [1.82, 2.24) is 0 Å². The van der Waals surface area contributed by atoms with Gasteiger partial charge in [0.15, 0.2) is 6.10 Å². The lowest BCUT2D eigenvalue weighted by Gasteiger charge is -2.18. The molecule has 0 bridgehead atoms. The second kappa shape index (κ2) is 54.0. The summed E-state index contributed by atoms with van der Waals surface area (Å²) in [4.78, 5) is 37.9. The summed E-state index contributed by atoms with van der Waals surface area (Å²) in [6, 6.07) is 0. The van der Waals surface area contributed by atoms with Gasteiger partial charge in [-0.15, -0.1) is 0 Å². The van der Waals surface area contributed by atoms with Crippen LogP contribution in [-0.4, -0.2) is 37.2 Å². The average molecular weight is 911 g/mol. The molecule has 0 heterocycles. The van der Waals surface area contributed by atoms with E-state index in [1.54, 1.807) is 0 Å². The van der Waals surface area contributed by atoms with E-state index >= 15 is 0 Å². The van der Waals surface area contributed by atoms with Gasteiger partial charge in [-0.05, 0) is 83.5 Å². The molecule has 0 fully saturated rings. The summed E-state index contributed by atoms with van der Waals surface area (Å²) in [5.74, 6) is -0.882. The predicted molar refractivity (Wildman–Crippen MR) is 279 cm³/mol. The van der Waals surface area contributed by atoms with E-state index in [1.807, 2.05) is 0 Å². The van der Waals surface area contributed by atoms with E-state index < -0.39 is 6.10 Å². The largest absolute Gasteiger partial charge is 0.462 e. The molecule has 65 heavy (non-hydrogen) atoms. The molecule has 0 rings (SSSR count). The Labute approximate surface area is 403 Å². The highest BCUT2D eigenvalue weighted by Crippen LogP contribution is 2.15. The lowest BCUT2D eigenvalue weighted by Crippen LogP contribution is -2.30. The second-order valence-electron chi connectivity index (χ2n) is 18.8. The lowest BCUT2D eigenvalue weighted by molar-refractivity contribution is -0.167. The first kappa shape index (κ1) is 62.4. The molecule has 378 valence electrons. The summed E-state index contributed by atoms with van der Waals surface area (Å²) >= 11 is 0. The first-order chi connectivity index (χ1) is 32.0. The topological polar surface area (TPSA) is 78.9 Å². The van der Waals surface area contributed by atoms with Crippen LogP contribution < -0.4 is 0 Å². The molecular weight excluding hydrogens is 805 g/mol. The molecule has 0 N–H and O–H groups in total. The highest BCUT2D eigenvalue weighted by atomic mass is 16.6. The number of carbonyl (C=O) groups is 3. The van der Waals surface area contributed by atoms with Crippen LogP contribution in [0.3, 0.4) is 0 Å². The zero-order chi connectivity index (χ0) is 47.2. The lowest BCUT2D eigenvalue weighted by atomic mass is 10.0. The molecule has 0 aromatic rings. The summed E-state index contributed by atoms with van der Waals surface area (Å²) in [6.07, 6.45) is 65.5. The van der Waals surface area contributed by atoms with Crippen LogP contribution in [0.2, 0.25) is 0 Å². The maximum absolute atomic E-state index is 12.8. The van der Waals surface area contributed by atoms with Gasteiger partial charge in [0, 0.05) is 19.3 Å².